The Morgan fingerprint density at radius 1 is 1.39 bits per heavy atom. The van der Waals surface area contributed by atoms with Crippen LogP contribution in [0.15, 0.2) is 24.3 Å². The quantitative estimate of drug-likeness (QED) is 0.513. The average molecular weight is 260 g/mol. The topological polar surface area (TPSA) is 86.2 Å². The van der Waals surface area contributed by atoms with E-state index < -0.39 is 33.8 Å². The number of hydrogen-bond acceptors (Lipinski definition) is 3. The summed E-state index contributed by atoms with van der Waals surface area (Å²) in [5.41, 5.74) is 2.68. The average Bonchev–Trinajstić information content (AvgIpc) is 2.24. The van der Waals surface area contributed by atoms with E-state index in [-0.39, 0.29) is 0 Å². The number of nitro groups is 1. The van der Waals surface area contributed by atoms with Gasteiger partial charge in [0.05, 0.1) is 10.5 Å². The second kappa shape index (κ2) is 4.86. The lowest BCUT2D eigenvalue weighted by atomic mass is 10.1. The van der Waals surface area contributed by atoms with Crippen molar-refractivity contribution in [3.8, 4) is 0 Å². The summed E-state index contributed by atoms with van der Waals surface area (Å²) in [6.07, 6.45) is -3.18. The largest absolute Gasteiger partial charge is 0.416 e. The number of rotatable bonds is 3. The molecule has 0 saturated heterocycles. The summed E-state index contributed by atoms with van der Waals surface area (Å²) in [5, 5.41) is 10.5. The third-order valence-electron chi connectivity index (χ3n) is 1.98. The van der Waals surface area contributed by atoms with E-state index in [4.69, 9.17) is 5.73 Å². The normalized spacial score (nSPS) is 11.7. The lowest BCUT2D eigenvalue weighted by Crippen LogP contribution is -2.09. The number of alkyl halides is 3. The summed E-state index contributed by atoms with van der Waals surface area (Å²) in [4.78, 5) is 20.1. The number of hydrogen-bond donors (Lipinski definition) is 1. The minimum absolute atomic E-state index is 0.490. The summed E-state index contributed by atoms with van der Waals surface area (Å²) >= 11 is 0. The number of halogens is 3. The van der Waals surface area contributed by atoms with Crippen LogP contribution in [-0.2, 0) is 11.0 Å². The van der Waals surface area contributed by atoms with Crippen LogP contribution in [0.5, 0.6) is 0 Å². The van der Waals surface area contributed by atoms with Crippen LogP contribution in [0.2, 0.25) is 0 Å². The van der Waals surface area contributed by atoms with Gasteiger partial charge >= 0.3 is 6.18 Å². The molecule has 0 spiro atoms. The molecule has 96 valence electrons. The van der Waals surface area contributed by atoms with Crippen LogP contribution in [0.4, 0.5) is 18.9 Å². The van der Waals surface area contributed by atoms with Gasteiger partial charge in [0, 0.05) is 18.2 Å². The molecule has 8 heteroatoms. The highest BCUT2D eigenvalue weighted by Crippen LogP contribution is 2.34. The molecule has 0 radical (unpaired) electrons. The SMILES string of the molecule is NC(=O)C=Cc1cc([N+](=O)[O-])ccc1C(F)(F)F. The number of amides is 1. The summed E-state index contributed by atoms with van der Waals surface area (Å²) in [6, 6.07) is 2.05. The molecule has 0 aliphatic carbocycles. The Hall–Kier alpha value is -2.38. The monoisotopic (exact) mass is 260 g/mol. The lowest BCUT2D eigenvalue weighted by Gasteiger charge is -2.09. The molecule has 0 atom stereocenters. The van der Waals surface area contributed by atoms with Crippen LogP contribution >= 0.6 is 0 Å². The third kappa shape index (κ3) is 3.30. The van der Waals surface area contributed by atoms with Gasteiger partial charge in [-0.15, -0.1) is 0 Å². The number of carbonyl (C=O) groups is 1. The van der Waals surface area contributed by atoms with Crippen LogP contribution in [0.25, 0.3) is 6.08 Å². The minimum Gasteiger partial charge on any atom is -0.366 e. The molecule has 1 rings (SSSR count). The maximum Gasteiger partial charge on any atom is 0.416 e. The number of benzene rings is 1. The van der Waals surface area contributed by atoms with E-state index in [2.05, 4.69) is 0 Å². The number of nitro benzene ring substituents is 1. The van der Waals surface area contributed by atoms with E-state index in [1.165, 1.54) is 0 Å². The number of non-ortho nitro benzene ring substituents is 1. The molecule has 2 N–H and O–H groups in total. The third-order valence-corrected chi connectivity index (χ3v) is 1.98. The fraction of sp³-hybridized carbons (Fsp3) is 0.100. The van der Waals surface area contributed by atoms with Crippen LogP contribution in [-0.4, -0.2) is 10.8 Å². The maximum absolute atomic E-state index is 12.6. The van der Waals surface area contributed by atoms with Gasteiger partial charge < -0.3 is 5.73 Å². The van der Waals surface area contributed by atoms with Gasteiger partial charge in [0.15, 0.2) is 0 Å². The Labute approximate surface area is 98.9 Å². The highest BCUT2D eigenvalue weighted by Gasteiger charge is 2.33. The van der Waals surface area contributed by atoms with Crippen molar-refractivity contribution in [3.63, 3.8) is 0 Å². The van der Waals surface area contributed by atoms with Gasteiger partial charge in [0.1, 0.15) is 0 Å². The molecule has 0 heterocycles. The van der Waals surface area contributed by atoms with Crippen molar-refractivity contribution in [2.75, 3.05) is 0 Å². The second-order valence-corrected chi connectivity index (χ2v) is 3.26. The van der Waals surface area contributed by atoms with Crippen LogP contribution < -0.4 is 5.73 Å². The van der Waals surface area contributed by atoms with Crippen molar-refractivity contribution in [3.05, 3.63) is 45.5 Å². The summed E-state index contributed by atoms with van der Waals surface area (Å²) in [5.74, 6) is -0.949. The molecular formula is C10H7F3N2O3. The molecule has 18 heavy (non-hydrogen) atoms. The van der Waals surface area contributed by atoms with E-state index in [0.717, 1.165) is 18.2 Å². The van der Waals surface area contributed by atoms with Crippen LogP contribution in [0, 0.1) is 10.1 Å². The fourth-order valence-electron chi connectivity index (χ4n) is 1.23. The van der Waals surface area contributed by atoms with Crippen LogP contribution in [0.1, 0.15) is 11.1 Å². The molecule has 0 aromatic heterocycles. The summed E-state index contributed by atoms with van der Waals surface area (Å²) < 4.78 is 37.8. The number of primary amides is 1. The zero-order chi connectivity index (χ0) is 13.9. The second-order valence-electron chi connectivity index (χ2n) is 3.26. The standard InChI is InChI=1S/C10H7F3N2O3/c11-10(12,13)8-3-2-7(15(17)18)5-6(8)1-4-9(14)16/h1-5H,(H2,14,16). The molecule has 0 aliphatic rings. The van der Waals surface area contributed by atoms with E-state index in [9.17, 15) is 28.1 Å². The van der Waals surface area contributed by atoms with Gasteiger partial charge in [-0.25, -0.2) is 0 Å². The first-order valence-electron chi connectivity index (χ1n) is 4.55. The first-order valence-corrected chi connectivity index (χ1v) is 4.55. The zero-order valence-electron chi connectivity index (χ0n) is 8.77. The van der Waals surface area contributed by atoms with Gasteiger partial charge in [-0.05, 0) is 17.7 Å². The van der Waals surface area contributed by atoms with E-state index in [0.29, 0.717) is 12.1 Å². The number of nitrogens with two attached hydrogens (primary N) is 1. The highest BCUT2D eigenvalue weighted by molar-refractivity contribution is 5.90. The van der Waals surface area contributed by atoms with E-state index in [1.807, 2.05) is 0 Å². The van der Waals surface area contributed by atoms with Crippen molar-refractivity contribution in [2.24, 2.45) is 5.73 Å². The molecule has 0 bridgehead atoms. The summed E-state index contributed by atoms with van der Waals surface area (Å²) in [7, 11) is 0. The Kier molecular flexibility index (Phi) is 3.70. The Bertz CT molecular complexity index is 524. The molecule has 1 aromatic rings. The Balaban J connectivity index is 3.36. The van der Waals surface area contributed by atoms with Gasteiger partial charge in [0.25, 0.3) is 5.69 Å². The molecule has 0 saturated carbocycles. The van der Waals surface area contributed by atoms with E-state index >= 15 is 0 Å². The number of nitrogens with zero attached hydrogens (tertiary/aromatic N) is 1. The summed E-state index contributed by atoms with van der Waals surface area (Å²) in [6.45, 7) is 0. The van der Waals surface area contributed by atoms with E-state index in [1.54, 1.807) is 0 Å². The zero-order valence-corrected chi connectivity index (χ0v) is 8.77. The molecule has 0 fully saturated rings. The van der Waals surface area contributed by atoms with Crippen molar-refractivity contribution in [1.29, 1.82) is 0 Å². The van der Waals surface area contributed by atoms with Gasteiger partial charge in [-0.1, -0.05) is 0 Å². The first-order chi connectivity index (χ1) is 8.21. The molecule has 1 amide bonds. The molecule has 0 unspecified atom stereocenters. The predicted molar refractivity (Wildman–Crippen MR) is 56.3 cm³/mol. The van der Waals surface area contributed by atoms with Gasteiger partial charge in [-0.2, -0.15) is 13.2 Å². The molecule has 5 nitrogen and oxygen atoms in total. The molecule has 1 aromatic carbocycles. The number of carbonyl (C=O) groups excluding carboxylic acids is 1. The van der Waals surface area contributed by atoms with Crippen molar-refractivity contribution >= 4 is 17.7 Å². The Morgan fingerprint density at radius 3 is 2.44 bits per heavy atom. The predicted octanol–water partition coefficient (Wildman–Crippen LogP) is 2.11. The van der Waals surface area contributed by atoms with Crippen molar-refractivity contribution in [2.45, 2.75) is 6.18 Å². The first kappa shape index (κ1) is 13.7. The van der Waals surface area contributed by atoms with Crippen LogP contribution in [0.3, 0.4) is 0 Å². The fourth-order valence-corrected chi connectivity index (χ4v) is 1.23. The van der Waals surface area contributed by atoms with Crippen molar-refractivity contribution < 1.29 is 22.9 Å². The maximum atomic E-state index is 12.6. The molecular weight excluding hydrogens is 253 g/mol. The highest BCUT2D eigenvalue weighted by atomic mass is 19.4. The lowest BCUT2D eigenvalue weighted by molar-refractivity contribution is -0.384. The smallest absolute Gasteiger partial charge is 0.366 e. The molecule has 0 aliphatic heterocycles. The Morgan fingerprint density at radius 2 is 2.00 bits per heavy atom. The van der Waals surface area contributed by atoms with Crippen molar-refractivity contribution in [1.82, 2.24) is 0 Å². The van der Waals surface area contributed by atoms with Gasteiger partial charge in [0.2, 0.25) is 5.91 Å². The minimum atomic E-state index is -4.67. The van der Waals surface area contributed by atoms with Gasteiger partial charge in [-0.3, -0.25) is 14.9 Å².